The van der Waals surface area contributed by atoms with Gasteiger partial charge in [0.15, 0.2) is 0 Å². The van der Waals surface area contributed by atoms with E-state index in [4.69, 9.17) is 16.3 Å². The fraction of sp³-hybridized carbons (Fsp3) is 0.588. The number of sulfonamides is 1. The van der Waals surface area contributed by atoms with E-state index in [0.717, 1.165) is 23.1 Å². The van der Waals surface area contributed by atoms with Crippen LogP contribution < -0.4 is 0 Å². The number of alkyl halides is 2. The van der Waals surface area contributed by atoms with Crippen LogP contribution in [0.25, 0.3) is 0 Å². The summed E-state index contributed by atoms with van der Waals surface area (Å²) in [7, 11) is -2.47. The van der Waals surface area contributed by atoms with Crippen molar-refractivity contribution in [3.05, 3.63) is 29.0 Å². The average Bonchev–Trinajstić information content (AvgIpc) is 2.66. The maximum atomic E-state index is 13.3. The van der Waals surface area contributed by atoms with E-state index in [9.17, 15) is 26.4 Å². The lowest BCUT2D eigenvalue weighted by atomic mass is 9.96. The van der Waals surface area contributed by atoms with Crippen LogP contribution in [-0.2, 0) is 19.6 Å². The summed E-state index contributed by atoms with van der Waals surface area (Å²) in [5.74, 6) is -1.70. The highest BCUT2D eigenvalue weighted by atomic mass is 35.5. The van der Waals surface area contributed by atoms with Gasteiger partial charge < -0.3 is 9.64 Å². The van der Waals surface area contributed by atoms with Gasteiger partial charge in [-0.2, -0.15) is 4.31 Å². The third-order valence-corrected chi connectivity index (χ3v) is 6.75. The van der Waals surface area contributed by atoms with Gasteiger partial charge in [0.1, 0.15) is 5.82 Å². The van der Waals surface area contributed by atoms with Crippen molar-refractivity contribution in [2.24, 2.45) is 5.92 Å². The van der Waals surface area contributed by atoms with Crippen LogP contribution in [0, 0.1) is 11.7 Å². The smallest absolute Gasteiger partial charge is 0.255 e. The van der Waals surface area contributed by atoms with Crippen molar-refractivity contribution in [3.8, 4) is 0 Å². The SMILES string of the molecule is COCCN(CC(F)F)C(=O)C1CCN(S(=O)(=O)c2ccc(F)c(Cl)c2)CC1. The molecule has 0 aliphatic carbocycles. The summed E-state index contributed by atoms with van der Waals surface area (Å²) in [5.41, 5.74) is 0. The minimum atomic E-state index is -3.89. The number of rotatable bonds is 8. The van der Waals surface area contributed by atoms with Crippen molar-refractivity contribution in [2.45, 2.75) is 24.2 Å². The number of ether oxygens (including phenoxy) is 1. The summed E-state index contributed by atoms with van der Waals surface area (Å²) in [5, 5.41) is -0.299. The molecular formula is C17H22ClF3N2O4S. The Balaban J connectivity index is 2.04. The number of piperidine rings is 1. The molecule has 1 aliphatic rings. The Labute approximate surface area is 167 Å². The van der Waals surface area contributed by atoms with Gasteiger partial charge >= 0.3 is 0 Å². The first-order valence-corrected chi connectivity index (χ1v) is 10.5. The lowest BCUT2D eigenvalue weighted by Gasteiger charge is -2.33. The third-order valence-electron chi connectivity index (χ3n) is 4.57. The summed E-state index contributed by atoms with van der Waals surface area (Å²) >= 11 is 5.66. The molecule has 158 valence electrons. The lowest BCUT2D eigenvalue weighted by Crippen LogP contribution is -2.46. The molecule has 1 aliphatic heterocycles. The van der Waals surface area contributed by atoms with Gasteiger partial charge in [0.2, 0.25) is 15.9 Å². The van der Waals surface area contributed by atoms with Crippen molar-refractivity contribution in [1.29, 1.82) is 0 Å². The summed E-state index contributed by atoms with van der Waals surface area (Å²) in [6.07, 6.45) is -2.25. The third kappa shape index (κ3) is 5.59. The number of hydrogen-bond acceptors (Lipinski definition) is 4. The quantitative estimate of drug-likeness (QED) is 0.620. The molecule has 0 N–H and O–H groups in total. The first-order valence-electron chi connectivity index (χ1n) is 8.68. The number of benzene rings is 1. The molecule has 28 heavy (non-hydrogen) atoms. The first-order chi connectivity index (χ1) is 13.2. The second-order valence-electron chi connectivity index (χ2n) is 6.42. The van der Waals surface area contributed by atoms with Crippen molar-refractivity contribution in [2.75, 3.05) is 39.9 Å². The molecule has 0 aromatic heterocycles. The molecule has 1 aromatic rings. The second kappa shape index (κ2) is 9.91. The van der Waals surface area contributed by atoms with Gasteiger partial charge in [0, 0.05) is 32.7 Å². The summed E-state index contributed by atoms with van der Waals surface area (Å²) < 4.78 is 70.2. The average molecular weight is 443 g/mol. The van der Waals surface area contributed by atoms with Gasteiger partial charge in [0.05, 0.1) is 23.1 Å². The number of carbonyl (C=O) groups excluding carboxylic acids is 1. The van der Waals surface area contributed by atoms with Gasteiger partial charge in [-0.3, -0.25) is 4.79 Å². The van der Waals surface area contributed by atoms with Crippen LogP contribution in [0.3, 0.4) is 0 Å². The standard InChI is InChI=1S/C17H22ClF3N2O4S/c1-27-9-8-22(11-16(20)21)17(24)12-4-6-23(7-5-12)28(25,26)13-2-3-15(19)14(18)10-13/h2-3,10,12,16H,4-9,11H2,1H3. The van der Waals surface area contributed by atoms with Crippen molar-refractivity contribution < 1.29 is 31.1 Å². The number of nitrogens with zero attached hydrogens (tertiary/aromatic N) is 2. The molecule has 1 saturated heterocycles. The van der Waals surface area contributed by atoms with Crippen LogP contribution in [0.2, 0.25) is 5.02 Å². The van der Waals surface area contributed by atoms with E-state index in [1.165, 1.54) is 11.4 Å². The van der Waals surface area contributed by atoms with E-state index < -0.39 is 40.6 Å². The Morgan fingerprint density at radius 3 is 2.54 bits per heavy atom. The van der Waals surface area contributed by atoms with Crippen LogP contribution in [0.5, 0.6) is 0 Å². The Bertz CT molecular complexity index is 787. The maximum absolute atomic E-state index is 13.3. The molecule has 1 aromatic carbocycles. The molecule has 2 rings (SSSR count). The fourth-order valence-corrected chi connectivity index (χ4v) is 4.79. The van der Waals surface area contributed by atoms with Gasteiger partial charge in [-0.25, -0.2) is 21.6 Å². The fourth-order valence-electron chi connectivity index (χ4n) is 3.05. The molecule has 11 heteroatoms. The van der Waals surface area contributed by atoms with Gasteiger partial charge in [-0.1, -0.05) is 11.6 Å². The van der Waals surface area contributed by atoms with E-state index in [1.54, 1.807) is 0 Å². The zero-order chi connectivity index (χ0) is 20.9. The normalized spacial score (nSPS) is 16.5. The number of halogens is 4. The minimum Gasteiger partial charge on any atom is -0.383 e. The molecule has 0 atom stereocenters. The number of carbonyl (C=O) groups is 1. The van der Waals surface area contributed by atoms with Crippen LogP contribution in [0.15, 0.2) is 23.1 Å². The predicted octanol–water partition coefficient (Wildman–Crippen LogP) is 2.62. The molecule has 6 nitrogen and oxygen atoms in total. The highest BCUT2D eigenvalue weighted by Gasteiger charge is 2.34. The van der Waals surface area contributed by atoms with Crippen molar-refractivity contribution in [1.82, 2.24) is 9.21 Å². The van der Waals surface area contributed by atoms with E-state index in [2.05, 4.69) is 0 Å². The Morgan fingerprint density at radius 2 is 2.00 bits per heavy atom. The molecule has 0 bridgehead atoms. The Morgan fingerprint density at radius 1 is 1.36 bits per heavy atom. The second-order valence-corrected chi connectivity index (χ2v) is 8.77. The van der Waals surface area contributed by atoms with Gasteiger partial charge in [0.25, 0.3) is 6.43 Å². The van der Waals surface area contributed by atoms with Crippen molar-refractivity contribution >= 4 is 27.5 Å². The van der Waals surface area contributed by atoms with E-state index >= 15 is 0 Å². The Kier molecular flexibility index (Phi) is 8.11. The van der Waals surface area contributed by atoms with Crippen LogP contribution in [-0.4, -0.2) is 69.9 Å². The maximum Gasteiger partial charge on any atom is 0.255 e. The predicted molar refractivity (Wildman–Crippen MR) is 97.4 cm³/mol. The van der Waals surface area contributed by atoms with Crippen LogP contribution in [0.1, 0.15) is 12.8 Å². The summed E-state index contributed by atoms with van der Waals surface area (Å²) in [6, 6.07) is 3.14. The monoisotopic (exact) mass is 442 g/mol. The lowest BCUT2D eigenvalue weighted by molar-refractivity contribution is -0.139. The Hall–Kier alpha value is -1.36. The highest BCUT2D eigenvalue weighted by Crippen LogP contribution is 2.27. The summed E-state index contributed by atoms with van der Waals surface area (Å²) in [4.78, 5) is 13.5. The highest BCUT2D eigenvalue weighted by molar-refractivity contribution is 7.89. The largest absolute Gasteiger partial charge is 0.383 e. The van der Waals surface area contributed by atoms with Crippen LogP contribution >= 0.6 is 11.6 Å². The van der Waals surface area contributed by atoms with E-state index in [1.807, 2.05) is 0 Å². The molecule has 0 radical (unpaired) electrons. The van der Waals surface area contributed by atoms with Gasteiger partial charge in [-0.05, 0) is 31.0 Å². The van der Waals surface area contributed by atoms with Gasteiger partial charge in [-0.15, -0.1) is 0 Å². The molecule has 1 heterocycles. The number of hydrogen-bond donors (Lipinski definition) is 0. The van der Waals surface area contributed by atoms with Crippen LogP contribution in [0.4, 0.5) is 13.2 Å². The molecule has 1 fully saturated rings. The minimum absolute atomic E-state index is 0.0479. The number of methoxy groups -OCH3 is 1. The molecule has 1 amide bonds. The summed E-state index contributed by atoms with van der Waals surface area (Å²) in [6.45, 7) is -0.390. The zero-order valence-corrected chi connectivity index (χ0v) is 16.9. The van der Waals surface area contributed by atoms with E-state index in [-0.39, 0.29) is 49.0 Å². The molecule has 0 saturated carbocycles. The molecular weight excluding hydrogens is 421 g/mol. The topological polar surface area (TPSA) is 66.9 Å². The van der Waals surface area contributed by atoms with E-state index in [0.29, 0.717) is 0 Å². The number of amides is 1. The first kappa shape index (κ1) is 22.9. The zero-order valence-electron chi connectivity index (χ0n) is 15.3. The molecule has 0 spiro atoms. The molecule has 0 unspecified atom stereocenters. The van der Waals surface area contributed by atoms with Crippen molar-refractivity contribution in [3.63, 3.8) is 0 Å².